The summed E-state index contributed by atoms with van der Waals surface area (Å²) in [6.07, 6.45) is 1.83. The third-order valence-corrected chi connectivity index (χ3v) is 5.34. The molecule has 0 atom stereocenters. The molecule has 1 aliphatic heterocycles. The van der Waals surface area contributed by atoms with Crippen LogP contribution in [-0.4, -0.2) is 49.6 Å². The Morgan fingerprint density at radius 2 is 1.86 bits per heavy atom. The van der Waals surface area contributed by atoms with Crippen LogP contribution >= 0.6 is 0 Å². The first-order valence-electron chi connectivity index (χ1n) is 9.69. The van der Waals surface area contributed by atoms with Gasteiger partial charge in [-0.1, -0.05) is 42.5 Å². The lowest BCUT2D eigenvalue weighted by atomic mass is 10.0. The van der Waals surface area contributed by atoms with Crippen LogP contribution in [0.4, 0.5) is 0 Å². The van der Waals surface area contributed by atoms with Crippen molar-refractivity contribution in [3.05, 3.63) is 71.8 Å². The van der Waals surface area contributed by atoms with Crippen molar-refractivity contribution < 1.29 is 14.7 Å². The Morgan fingerprint density at radius 3 is 2.68 bits per heavy atom. The highest BCUT2D eigenvalue weighted by Crippen LogP contribution is 2.25. The number of hydrogen-bond acceptors (Lipinski definition) is 4. The smallest absolute Gasteiger partial charge is 0.161 e. The highest BCUT2D eigenvalue weighted by atomic mass is 16.5. The van der Waals surface area contributed by atoms with Gasteiger partial charge in [0.2, 0.25) is 0 Å². The highest BCUT2D eigenvalue weighted by molar-refractivity contribution is 5.85. The van der Waals surface area contributed by atoms with Crippen LogP contribution in [0.15, 0.2) is 65.8 Å². The minimum Gasteiger partial charge on any atom is -0.504 e. The molecule has 5 nitrogen and oxygen atoms in total. The molecule has 144 valence electrons. The summed E-state index contributed by atoms with van der Waals surface area (Å²) < 4.78 is 5.15. The predicted molar refractivity (Wildman–Crippen MR) is 112 cm³/mol. The zero-order chi connectivity index (χ0) is 19.3. The van der Waals surface area contributed by atoms with Crippen molar-refractivity contribution in [2.24, 2.45) is 5.10 Å². The van der Waals surface area contributed by atoms with Crippen LogP contribution in [0.3, 0.4) is 0 Å². The van der Waals surface area contributed by atoms with E-state index in [0.29, 0.717) is 5.75 Å². The molecule has 0 saturated carbocycles. The lowest BCUT2D eigenvalue weighted by Crippen LogP contribution is -3.13. The molecule has 5 heteroatoms. The summed E-state index contributed by atoms with van der Waals surface area (Å²) in [5.41, 5.74) is 2.33. The molecule has 2 N–H and O–H groups in total. The Morgan fingerprint density at radius 1 is 1.07 bits per heavy atom. The van der Waals surface area contributed by atoms with Gasteiger partial charge in [0.15, 0.2) is 11.5 Å². The number of ether oxygens (including phenoxy) is 1. The first-order valence-corrected chi connectivity index (χ1v) is 9.69. The summed E-state index contributed by atoms with van der Waals surface area (Å²) >= 11 is 0. The molecule has 1 fully saturated rings. The number of benzene rings is 3. The van der Waals surface area contributed by atoms with Gasteiger partial charge in [-0.3, -0.25) is 5.01 Å². The second kappa shape index (κ2) is 8.31. The molecule has 28 heavy (non-hydrogen) atoms. The van der Waals surface area contributed by atoms with E-state index in [1.807, 2.05) is 12.3 Å². The van der Waals surface area contributed by atoms with E-state index < -0.39 is 0 Å². The van der Waals surface area contributed by atoms with Gasteiger partial charge in [-0.25, -0.2) is 0 Å². The average molecular weight is 376 g/mol. The van der Waals surface area contributed by atoms with Gasteiger partial charge in [0, 0.05) is 5.56 Å². The van der Waals surface area contributed by atoms with Gasteiger partial charge < -0.3 is 14.7 Å². The van der Waals surface area contributed by atoms with E-state index in [-0.39, 0.29) is 5.75 Å². The van der Waals surface area contributed by atoms with E-state index in [0.717, 1.165) is 38.3 Å². The quantitative estimate of drug-likeness (QED) is 0.672. The Bertz CT molecular complexity index is 973. The normalized spacial score (nSPS) is 15.4. The number of nitrogens with one attached hydrogen (secondary N) is 1. The number of methoxy groups -OCH3 is 1. The van der Waals surface area contributed by atoms with Gasteiger partial charge in [-0.15, -0.1) is 0 Å². The van der Waals surface area contributed by atoms with Crippen LogP contribution in [0, 0.1) is 0 Å². The van der Waals surface area contributed by atoms with Crippen molar-refractivity contribution in [1.29, 1.82) is 0 Å². The van der Waals surface area contributed by atoms with Crippen LogP contribution in [-0.2, 0) is 6.54 Å². The van der Waals surface area contributed by atoms with Crippen molar-refractivity contribution in [3.8, 4) is 11.5 Å². The minimum atomic E-state index is 0.144. The number of phenolic OH excluding ortho intramolecular Hbond substituents is 1. The van der Waals surface area contributed by atoms with Crippen LogP contribution in [0.25, 0.3) is 10.8 Å². The third-order valence-electron chi connectivity index (χ3n) is 5.34. The molecule has 0 spiro atoms. The number of fused-ring (bicyclic) bond motifs is 1. The second-order valence-electron chi connectivity index (χ2n) is 7.19. The van der Waals surface area contributed by atoms with Crippen molar-refractivity contribution in [2.75, 3.05) is 33.3 Å². The number of hydrazone groups is 1. The fraction of sp³-hybridized carbons (Fsp3) is 0.261. The van der Waals surface area contributed by atoms with Crippen molar-refractivity contribution in [2.45, 2.75) is 6.54 Å². The zero-order valence-electron chi connectivity index (χ0n) is 16.1. The first kappa shape index (κ1) is 18.3. The summed E-state index contributed by atoms with van der Waals surface area (Å²) in [6.45, 7) is 5.06. The van der Waals surface area contributed by atoms with Crippen LogP contribution in [0.5, 0.6) is 11.5 Å². The van der Waals surface area contributed by atoms with E-state index in [9.17, 15) is 5.11 Å². The first-order chi connectivity index (χ1) is 13.7. The maximum atomic E-state index is 9.69. The molecule has 1 aliphatic rings. The maximum absolute atomic E-state index is 9.69. The molecule has 1 heterocycles. The van der Waals surface area contributed by atoms with E-state index >= 15 is 0 Å². The maximum Gasteiger partial charge on any atom is 0.161 e. The van der Waals surface area contributed by atoms with E-state index in [1.165, 1.54) is 16.3 Å². The Kier molecular flexibility index (Phi) is 5.44. The summed E-state index contributed by atoms with van der Waals surface area (Å²) in [5.74, 6) is 0.610. The SMILES string of the molecule is COc1cc(/C=N/N2CC[NH+](Cc3cccc4ccccc34)CC2)ccc1O. The molecule has 0 aliphatic carbocycles. The van der Waals surface area contributed by atoms with Gasteiger partial charge in [0.05, 0.1) is 39.5 Å². The Balaban J connectivity index is 1.36. The number of hydrogen-bond donors (Lipinski definition) is 2. The molecular weight excluding hydrogens is 350 g/mol. The topological polar surface area (TPSA) is 49.5 Å². The number of rotatable bonds is 5. The fourth-order valence-electron chi connectivity index (χ4n) is 3.74. The summed E-state index contributed by atoms with van der Waals surface area (Å²) in [7, 11) is 1.55. The molecule has 0 amide bonds. The molecule has 0 bridgehead atoms. The summed E-state index contributed by atoms with van der Waals surface area (Å²) in [4.78, 5) is 1.59. The van der Waals surface area contributed by atoms with Gasteiger partial charge >= 0.3 is 0 Å². The Hall–Kier alpha value is -3.05. The van der Waals surface area contributed by atoms with Crippen molar-refractivity contribution in [1.82, 2.24) is 5.01 Å². The fourth-order valence-corrected chi connectivity index (χ4v) is 3.74. The van der Waals surface area contributed by atoms with E-state index in [4.69, 9.17) is 4.74 Å². The molecule has 1 saturated heterocycles. The largest absolute Gasteiger partial charge is 0.504 e. The van der Waals surface area contributed by atoms with Gasteiger partial charge in [-0.2, -0.15) is 5.10 Å². The molecule has 0 radical (unpaired) electrons. The third kappa shape index (κ3) is 4.10. The zero-order valence-corrected chi connectivity index (χ0v) is 16.1. The second-order valence-corrected chi connectivity index (χ2v) is 7.19. The summed E-state index contributed by atoms with van der Waals surface area (Å²) in [5, 5.41) is 19.1. The van der Waals surface area contributed by atoms with Crippen LogP contribution in [0.2, 0.25) is 0 Å². The highest BCUT2D eigenvalue weighted by Gasteiger charge is 2.19. The van der Waals surface area contributed by atoms with E-state index in [2.05, 4.69) is 52.6 Å². The number of aromatic hydroxyl groups is 1. The predicted octanol–water partition coefficient (Wildman–Crippen LogP) is 2.29. The summed E-state index contributed by atoms with van der Waals surface area (Å²) in [6, 6.07) is 20.5. The van der Waals surface area contributed by atoms with Gasteiger partial charge in [0.1, 0.15) is 6.54 Å². The number of piperazine rings is 1. The van der Waals surface area contributed by atoms with Crippen LogP contribution < -0.4 is 9.64 Å². The molecule has 0 aromatic heterocycles. The van der Waals surface area contributed by atoms with E-state index in [1.54, 1.807) is 24.1 Å². The van der Waals surface area contributed by atoms with Crippen molar-refractivity contribution >= 4 is 17.0 Å². The number of quaternary nitrogens is 1. The molecule has 3 aromatic rings. The number of phenols is 1. The van der Waals surface area contributed by atoms with Gasteiger partial charge in [0.25, 0.3) is 0 Å². The molecule has 3 aromatic carbocycles. The minimum absolute atomic E-state index is 0.144. The molecule has 0 unspecified atom stereocenters. The average Bonchev–Trinajstić information content (AvgIpc) is 2.74. The molecule has 4 rings (SSSR count). The lowest BCUT2D eigenvalue weighted by molar-refractivity contribution is -0.918. The standard InChI is InChI=1S/C23H25N3O2/c1-28-23-15-18(9-10-22(23)27)16-24-26-13-11-25(12-14-26)17-20-7-4-6-19-5-2-3-8-21(19)20/h2-10,15-16,27H,11-14,17H2,1H3/p+1/b24-16+. The van der Waals surface area contributed by atoms with Gasteiger partial charge in [-0.05, 0) is 34.5 Å². The van der Waals surface area contributed by atoms with Crippen LogP contribution in [0.1, 0.15) is 11.1 Å². The monoisotopic (exact) mass is 376 g/mol. The lowest BCUT2D eigenvalue weighted by Gasteiger charge is -2.30. The Labute approximate surface area is 165 Å². The molecular formula is C23H26N3O2+. The van der Waals surface area contributed by atoms with Crippen molar-refractivity contribution in [3.63, 3.8) is 0 Å². The number of nitrogens with zero attached hydrogens (tertiary/aromatic N) is 2.